The van der Waals surface area contributed by atoms with E-state index in [1.165, 1.54) is 180 Å². The highest BCUT2D eigenvalue weighted by molar-refractivity contribution is 7.79. The quantitative estimate of drug-likeness (QED) is 0.0551. The Morgan fingerprint density at radius 3 is 0.600 bits per heavy atom. The summed E-state index contributed by atoms with van der Waals surface area (Å²) in [7, 11) is -0.446. The van der Waals surface area contributed by atoms with Crippen molar-refractivity contribution in [3.63, 3.8) is 0 Å². The van der Waals surface area contributed by atoms with Crippen molar-refractivity contribution in [2.75, 3.05) is 52.4 Å². The first-order chi connectivity index (χ1) is 25.9. The molecule has 55 heavy (non-hydrogen) atoms. The predicted octanol–water partition coefficient (Wildman–Crippen LogP) is 7.46. The van der Waals surface area contributed by atoms with Crippen molar-refractivity contribution in [2.45, 2.75) is 158 Å². The zero-order chi connectivity index (χ0) is 38.9. The highest BCUT2D eigenvalue weighted by Gasteiger charge is 2.26. The molecule has 0 unspecified atom stereocenters. The van der Waals surface area contributed by atoms with Gasteiger partial charge in [-0.1, -0.05) is 198 Å². The Morgan fingerprint density at radius 2 is 0.455 bits per heavy atom. The van der Waals surface area contributed by atoms with Gasteiger partial charge in [0.25, 0.3) is 0 Å². The molecule has 316 valence electrons. The van der Waals surface area contributed by atoms with Crippen LogP contribution in [-0.2, 0) is 0 Å². The average molecular weight is 907 g/mol. The fraction of sp³-hybridized carbons (Fsp3) is 0.640. The predicted molar refractivity (Wildman–Crippen MR) is 244 cm³/mol. The Hall–Kier alpha value is -1.03. The molecule has 0 saturated carbocycles. The zero-order valence-electron chi connectivity index (χ0n) is 37.2. The number of nitrogens with zero attached hydrogens (tertiary/aromatic N) is 2. The van der Waals surface area contributed by atoms with E-state index < -0.39 is 7.92 Å². The first-order valence-corrected chi connectivity index (χ1v) is 23.9. The summed E-state index contributed by atoms with van der Waals surface area (Å²) in [6, 6.07) is 32.3. The van der Waals surface area contributed by atoms with Crippen LogP contribution in [0.3, 0.4) is 0 Å². The van der Waals surface area contributed by atoms with Gasteiger partial charge in [0.15, 0.2) is 0 Å². The molecule has 5 heteroatoms. The minimum Gasteiger partial charge on any atom is -1.00 e. The Morgan fingerprint density at radius 1 is 0.291 bits per heavy atom. The Balaban J connectivity index is 0. The van der Waals surface area contributed by atoms with Crippen LogP contribution >= 0.6 is 7.92 Å². The van der Waals surface area contributed by atoms with Crippen molar-refractivity contribution in [1.29, 1.82) is 0 Å². The van der Waals surface area contributed by atoms with Crippen molar-refractivity contribution < 1.29 is 42.9 Å². The molecule has 0 atom stereocenters. The van der Waals surface area contributed by atoms with Gasteiger partial charge in [0, 0.05) is 0 Å². The molecule has 3 aromatic rings. The Bertz CT molecular complexity index is 989. The summed E-state index contributed by atoms with van der Waals surface area (Å²) in [5.41, 5.74) is 0. The van der Waals surface area contributed by atoms with Gasteiger partial charge in [-0.25, -0.2) is 0 Å². The van der Waals surface area contributed by atoms with Gasteiger partial charge in [-0.2, -0.15) is 0 Å². The van der Waals surface area contributed by atoms with Crippen LogP contribution in [0.25, 0.3) is 0 Å². The molecule has 0 bridgehead atoms. The zero-order valence-corrected chi connectivity index (χ0v) is 41.3. The lowest BCUT2D eigenvalue weighted by atomic mass is 10.1. The van der Waals surface area contributed by atoms with E-state index in [-0.39, 0.29) is 34.0 Å². The van der Waals surface area contributed by atoms with E-state index in [1.807, 2.05) is 0 Å². The number of hydrogen-bond acceptors (Lipinski definition) is 0. The largest absolute Gasteiger partial charge is 1.00 e. The monoisotopic (exact) mass is 904 g/mol. The topological polar surface area (TPSA) is 0 Å². The summed E-state index contributed by atoms with van der Waals surface area (Å²) in [6.45, 7) is 30.0. The second-order valence-electron chi connectivity index (χ2n) is 15.6. The van der Waals surface area contributed by atoms with Gasteiger partial charge < -0.3 is 42.9 Å². The number of halogens is 2. The maximum Gasteiger partial charge on any atom is 0.0786 e. The summed E-state index contributed by atoms with van der Waals surface area (Å²) >= 11 is 0. The highest BCUT2D eigenvalue weighted by atomic mass is 79.9. The first-order valence-electron chi connectivity index (χ1n) is 22.6. The van der Waals surface area contributed by atoms with Gasteiger partial charge in [-0.15, -0.1) is 0 Å². The van der Waals surface area contributed by atoms with Gasteiger partial charge in [0.1, 0.15) is 0 Å². The molecule has 0 N–H and O–H groups in total. The number of hydrogen-bond donors (Lipinski definition) is 0. The van der Waals surface area contributed by atoms with Crippen LogP contribution in [0, 0.1) is 0 Å². The molecule has 2 nitrogen and oxygen atoms in total. The summed E-state index contributed by atoms with van der Waals surface area (Å²) < 4.78 is 2.84. The molecule has 0 fully saturated rings. The number of unbranched alkanes of at least 4 members (excludes halogenated alkanes) is 8. The van der Waals surface area contributed by atoms with Crippen molar-refractivity contribution in [3.05, 3.63) is 91.0 Å². The van der Waals surface area contributed by atoms with Crippen molar-refractivity contribution in [2.24, 2.45) is 0 Å². The van der Waals surface area contributed by atoms with Crippen LogP contribution in [0.1, 0.15) is 158 Å². The van der Waals surface area contributed by atoms with Crippen molar-refractivity contribution in [1.82, 2.24) is 0 Å². The van der Waals surface area contributed by atoms with Crippen LogP contribution in [-0.4, -0.2) is 61.3 Å². The molecule has 3 aromatic carbocycles. The molecule has 3 rings (SSSR count). The van der Waals surface area contributed by atoms with Crippen LogP contribution in [0.15, 0.2) is 91.0 Å². The van der Waals surface area contributed by atoms with Crippen LogP contribution in [0.2, 0.25) is 0 Å². The number of quaternary nitrogens is 2. The van der Waals surface area contributed by atoms with Crippen molar-refractivity contribution in [3.8, 4) is 0 Å². The van der Waals surface area contributed by atoms with Gasteiger partial charge in [-0.05, 0) is 75.2 Å². The molecule has 0 aliphatic rings. The molecule has 0 heterocycles. The normalized spacial score (nSPS) is 11.1. The molecule has 0 saturated heterocycles. The lowest BCUT2D eigenvalue weighted by molar-refractivity contribution is -0.929. The van der Waals surface area contributed by atoms with Gasteiger partial charge in [0.2, 0.25) is 0 Å². The third kappa shape index (κ3) is 24.5. The van der Waals surface area contributed by atoms with E-state index in [0.29, 0.717) is 0 Å². The lowest BCUT2D eigenvalue weighted by Crippen LogP contribution is -3.00. The Labute approximate surface area is 366 Å². The van der Waals surface area contributed by atoms with E-state index in [2.05, 4.69) is 146 Å². The fourth-order valence-corrected chi connectivity index (χ4v) is 9.77. The van der Waals surface area contributed by atoms with Gasteiger partial charge in [0.05, 0.1) is 52.4 Å². The van der Waals surface area contributed by atoms with Crippen molar-refractivity contribution >= 4 is 23.8 Å². The molecule has 0 amide bonds. The number of benzene rings is 3. The summed E-state index contributed by atoms with van der Waals surface area (Å²) in [5, 5.41) is 4.19. The van der Waals surface area contributed by atoms with Crippen LogP contribution < -0.4 is 49.9 Å². The van der Waals surface area contributed by atoms with E-state index >= 15 is 0 Å². The van der Waals surface area contributed by atoms with Crippen LogP contribution in [0.4, 0.5) is 0 Å². The van der Waals surface area contributed by atoms with E-state index in [1.54, 1.807) is 0 Å². The summed E-state index contributed by atoms with van der Waals surface area (Å²) in [4.78, 5) is 0. The third-order valence-corrected chi connectivity index (χ3v) is 13.4. The minimum absolute atomic E-state index is 0. The maximum absolute atomic E-state index is 2.33. The fourth-order valence-electron chi connectivity index (χ4n) is 7.47. The smallest absolute Gasteiger partial charge is 0.0786 e. The first kappa shape index (κ1) is 56.1. The van der Waals surface area contributed by atoms with Crippen LogP contribution in [0.5, 0.6) is 0 Å². The van der Waals surface area contributed by atoms with E-state index in [4.69, 9.17) is 0 Å². The highest BCUT2D eigenvalue weighted by Crippen LogP contribution is 2.32. The minimum atomic E-state index is -0.446. The Kier molecular flexibility index (Phi) is 38.0. The second kappa shape index (κ2) is 37.3. The molecule has 0 aliphatic carbocycles. The molecular weight excluding hydrogens is 819 g/mol. The molecule has 0 radical (unpaired) electrons. The molecular formula is C50H87Br2N2P. The third-order valence-electron chi connectivity index (χ3n) is 10.9. The molecule has 0 spiro atoms. The standard InChI is InChI=1S/C18H15P.2C16H36N.2BrH/c1-4-10-16(11-5-1)19(17-12-6-2-7-13-17)18-14-8-3-9-15-18;2*1-5-9-13-17(14-10-6-2,15-11-7-3)16-12-8-4;;/h1-15H;2*5-16H2,1-4H3;2*1H/q;2*+1;;/p-2. The van der Waals surface area contributed by atoms with E-state index in [9.17, 15) is 0 Å². The molecule has 0 aromatic heterocycles. The average Bonchev–Trinajstić information content (AvgIpc) is 3.21. The maximum atomic E-state index is 2.33. The second-order valence-corrected chi connectivity index (χ2v) is 17.9. The number of rotatable bonds is 27. The lowest BCUT2D eigenvalue weighted by Gasteiger charge is -2.39. The SMILES string of the molecule is CCCC[N+](CCCC)(CCCC)CCCC.CCCC[N+](CCCC)(CCCC)CCCC.[Br-].[Br-].c1ccc(P(c2ccccc2)c2ccccc2)cc1. The summed E-state index contributed by atoms with van der Waals surface area (Å²) in [5.74, 6) is 0. The van der Waals surface area contributed by atoms with E-state index in [0.717, 1.165) is 0 Å². The van der Waals surface area contributed by atoms with Gasteiger partial charge >= 0.3 is 0 Å². The summed E-state index contributed by atoms with van der Waals surface area (Å²) in [6.07, 6.45) is 22.1. The van der Waals surface area contributed by atoms with Gasteiger partial charge in [-0.3, -0.25) is 0 Å². The molecule has 0 aliphatic heterocycles.